The molecule has 0 aliphatic heterocycles. The number of pyridine rings is 1. The highest BCUT2D eigenvalue weighted by Gasteiger charge is 2.26. The number of ether oxygens (including phenoxy) is 2. The largest absolute Gasteiger partial charge is 0.494 e. The lowest BCUT2D eigenvalue weighted by Crippen LogP contribution is -2.08. The first kappa shape index (κ1) is 18.6. The minimum absolute atomic E-state index is 0.137. The molecule has 1 fully saturated rings. The third kappa shape index (κ3) is 3.40. The number of hydrogen-bond donors (Lipinski definition) is 1. The highest BCUT2D eigenvalue weighted by Crippen LogP contribution is 2.38. The molecule has 2 heterocycles. The Kier molecular flexibility index (Phi) is 4.89. The van der Waals surface area contributed by atoms with Gasteiger partial charge < -0.3 is 14.8 Å². The molecule has 1 aliphatic carbocycles. The first-order chi connectivity index (χ1) is 13.5. The molecular weight excluding hydrogens is 390 g/mol. The first-order valence-electron chi connectivity index (χ1n) is 8.69. The Morgan fingerprint density at radius 1 is 1.11 bits per heavy atom. The van der Waals surface area contributed by atoms with Gasteiger partial charge in [-0.1, -0.05) is 11.6 Å². The minimum atomic E-state index is -0.907. The van der Waals surface area contributed by atoms with E-state index in [1.54, 1.807) is 6.07 Å². The lowest BCUT2D eigenvalue weighted by molar-refractivity contribution is 0.359. The van der Waals surface area contributed by atoms with Gasteiger partial charge in [0, 0.05) is 18.0 Å². The molecule has 1 saturated carbocycles. The van der Waals surface area contributed by atoms with E-state index in [1.165, 1.54) is 20.4 Å². The highest BCUT2D eigenvalue weighted by atomic mass is 35.5. The summed E-state index contributed by atoms with van der Waals surface area (Å²) in [4.78, 5) is 12.7. The van der Waals surface area contributed by atoms with Gasteiger partial charge in [-0.25, -0.2) is 23.7 Å². The van der Waals surface area contributed by atoms with E-state index < -0.39 is 17.2 Å². The molecule has 0 spiro atoms. The van der Waals surface area contributed by atoms with Crippen molar-refractivity contribution in [3.8, 4) is 22.9 Å². The molecule has 4 rings (SSSR count). The van der Waals surface area contributed by atoms with Gasteiger partial charge >= 0.3 is 0 Å². The minimum Gasteiger partial charge on any atom is -0.494 e. The summed E-state index contributed by atoms with van der Waals surface area (Å²) < 4.78 is 39.8. The molecule has 146 valence electrons. The van der Waals surface area contributed by atoms with E-state index in [4.69, 9.17) is 21.1 Å². The van der Waals surface area contributed by atoms with E-state index in [1.807, 2.05) is 0 Å². The van der Waals surface area contributed by atoms with Gasteiger partial charge in [-0.05, 0) is 24.8 Å². The zero-order chi connectivity index (χ0) is 19.8. The topological polar surface area (TPSA) is 69.2 Å². The van der Waals surface area contributed by atoms with Gasteiger partial charge in [0.05, 0.1) is 31.5 Å². The van der Waals surface area contributed by atoms with Gasteiger partial charge in [0.25, 0.3) is 0 Å². The molecule has 0 atom stereocenters. The molecule has 0 unspecified atom stereocenters. The van der Waals surface area contributed by atoms with E-state index in [-0.39, 0.29) is 22.5 Å². The molecule has 0 bridgehead atoms. The van der Waals surface area contributed by atoms with Crippen LogP contribution in [0.2, 0.25) is 5.15 Å². The molecule has 28 heavy (non-hydrogen) atoms. The summed E-state index contributed by atoms with van der Waals surface area (Å²) in [5, 5.41) is 4.14. The second-order valence-electron chi connectivity index (χ2n) is 6.53. The van der Waals surface area contributed by atoms with Gasteiger partial charge in [-0.15, -0.1) is 0 Å². The van der Waals surface area contributed by atoms with Crippen LogP contribution >= 0.6 is 11.6 Å². The highest BCUT2D eigenvalue weighted by molar-refractivity contribution is 6.30. The summed E-state index contributed by atoms with van der Waals surface area (Å²) in [6, 6.07) is 2.76. The van der Waals surface area contributed by atoms with Gasteiger partial charge in [0.1, 0.15) is 11.0 Å². The van der Waals surface area contributed by atoms with Gasteiger partial charge in [0.2, 0.25) is 0 Å². The number of rotatable bonds is 6. The standard InChI is InChI=1S/C19H17ClF2N4O2/c1-27-12-6-13(28-2)17(22)15(16(12)21)19-25-11-8-23-14(20)5-10(11)18(26-19)24-7-9-3-4-9/h5-6,8-9H,3-4,7H2,1-2H3,(H,24,25,26). The number of anilines is 1. The molecule has 0 amide bonds. The quantitative estimate of drug-likeness (QED) is 0.609. The number of methoxy groups -OCH3 is 2. The molecule has 6 nitrogen and oxygen atoms in total. The Bertz CT molecular complexity index is 1030. The smallest absolute Gasteiger partial charge is 0.179 e. The van der Waals surface area contributed by atoms with E-state index in [0.29, 0.717) is 29.2 Å². The average Bonchev–Trinajstić information content (AvgIpc) is 3.51. The average molecular weight is 407 g/mol. The van der Waals surface area contributed by atoms with Crippen molar-refractivity contribution in [2.75, 3.05) is 26.1 Å². The Hall–Kier alpha value is -2.74. The summed E-state index contributed by atoms with van der Waals surface area (Å²) in [6.07, 6.45) is 3.72. The summed E-state index contributed by atoms with van der Waals surface area (Å²) >= 11 is 6.00. The molecule has 2 aromatic heterocycles. The number of halogens is 3. The van der Waals surface area contributed by atoms with Crippen LogP contribution in [0.15, 0.2) is 18.3 Å². The molecule has 9 heteroatoms. The third-order valence-corrected chi connectivity index (χ3v) is 4.81. The van der Waals surface area contributed by atoms with Crippen LogP contribution in [0.5, 0.6) is 11.5 Å². The fraction of sp³-hybridized carbons (Fsp3) is 0.316. The van der Waals surface area contributed by atoms with E-state index in [9.17, 15) is 8.78 Å². The van der Waals surface area contributed by atoms with Crippen LogP contribution in [0, 0.1) is 17.6 Å². The van der Waals surface area contributed by atoms with Crippen molar-refractivity contribution in [2.45, 2.75) is 12.8 Å². The molecule has 0 radical (unpaired) electrons. The molecule has 1 aliphatic rings. The van der Waals surface area contributed by atoms with Crippen molar-refractivity contribution in [1.29, 1.82) is 0 Å². The number of nitrogens with one attached hydrogen (secondary N) is 1. The molecule has 1 aromatic carbocycles. The SMILES string of the molecule is COc1cc(OC)c(F)c(-c2nc(NCC3CC3)c3cc(Cl)ncc3n2)c1F. The second kappa shape index (κ2) is 7.35. The van der Waals surface area contributed by atoms with Crippen molar-refractivity contribution in [2.24, 2.45) is 5.92 Å². The molecule has 0 saturated heterocycles. The normalized spacial score (nSPS) is 13.6. The number of benzene rings is 1. The molecule has 1 N–H and O–H groups in total. The maximum absolute atomic E-state index is 14.9. The summed E-state index contributed by atoms with van der Waals surface area (Å²) in [5.74, 6) is -1.28. The van der Waals surface area contributed by atoms with Crippen LogP contribution in [-0.2, 0) is 0 Å². The molecule has 3 aromatic rings. The van der Waals surface area contributed by atoms with E-state index >= 15 is 0 Å². The van der Waals surface area contributed by atoms with E-state index in [2.05, 4.69) is 20.3 Å². The Balaban J connectivity index is 1.92. The van der Waals surface area contributed by atoms with Crippen LogP contribution in [0.25, 0.3) is 22.3 Å². The van der Waals surface area contributed by atoms with Crippen molar-refractivity contribution >= 4 is 28.3 Å². The zero-order valence-corrected chi connectivity index (χ0v) is 16.0. The van der Waals surface area contributed by atoms with Crippen molar-refractivity contribution in [3.05, 3.63) is 35.1 Å². The third-order valence-electron chi connectivity index (χ3n) is 4.60. The predicted molar refractivity (Wildman–Crippen MR) is 102 cm³/mol. The predicted octanol–water partition coefficient (Wildman–Crippen LogP) is 4.46. The lowest BCUT2D eigenvalue weighted by atomic mass is 10.1. The van der Waals surface area contributed by atoms with Gasteiger partial charge in [-0.3, -0.25) is 0 Å². The van der Waals surface area contributed by atoms with Crippen LogP contribution in [0.4, 0.5) is 14.6 Å². The summed E-state index contributed by atoms with van der Waals surface area (Å²) in [5.41, 5.74) is -0.0178. The maximum atomic E-state index is 14.9. The summed E-state index contributed by atoms with van der Waals surface area (Å²) in [6.45, 7) is 0.706. The maximum Gasteiger partial charge on any atom is 0.179 e. The Morgan fingerprint density at radius 2 is 1.79 bits per heavy atom. The fourth-order valence-electron chi connectivity index (χ4n) is 2.90. The lowest BCUT2D eigenvalue weighted by Gasteiger charge is -2.14. The van der Waals surface area contributed by atoms with Crippen LogP contribution in [0.1, 0.15) is 12.8 Å². The number of hydrogen-bond acceptors (Lipinski definition) is 6. The zero-order valence-electron chi connectivity index (χ0n) is 15.2. The number of aromatic nitrogens is 3. The second-order valence-corrected chi connectivity index (χ2v) is 6.92. The Morgan fingerprint density at radius 3 is 2.39 bits per heavy atom. The van der Waals surface area contributed by atoms with Crippen molar-refractivity contribution < 1.29 is 18.3 Å². The van der Waals surface area contributed by atoms with Crippen LogP contribution < -0.4 is 14.8 Å². The summed E-state index contributed by atoms with van der Waals surface area (Å²) in [7, 11) is 2.57. The Labute approximate surface area is 164 Å². The van der Waals surface area contributed by atoms with Gasteiger partial charge in [-0.2, -0.15) is 0 Å². The van der Waals surface area contributed by atoms with Crippen LogP contribution in [-0.4, -0.2) is 35.7 Å². The van der Waals surface area contributed by atoms with E-state index in [0.717, 1.165) is 18.9 Å². The molecular formula is C19H17ClF2N4O2. The number of nitrogens with zero attached hydrogens (tertiary/aromatic N) is 3. The fourth-order valence-corrected chi connectivity index (χ4v) is 3.06. The van der Waals surface area contributed by atoms with Crippen LogP contribution in [0.3, 0.4) is 0 Å². The monoisotopic (exact) mass is 406 g/mol. The number of fused-ring (bicyclic) bond motifs is 1. The van der Waals surface area contributed by atoms with Crippen molar-refractivity contribution in [1.82, 2.24) is 15.0 Å². The van der Waals surface area contributed by atoms with Gasteiger partial charge in [0.15, 0.2) is 29.0 Å². The first-order valence-corrected chi connectivity index (χ1v) is 9.07. The van der Waals surface area contributed by atoms with Crippen molar-refractivity contribution in [3.63, 3.8) is 0 Å².